The SMILES string of the molecule is O=C(N[C@H]1CCCNC1)c1cccc(N2CCCC2=O)c1. The van der Waals surface area contributed by atoms with Crippen LogP contribution in [0.1, 0.15) is 36.0 Å². The second-order valence-electron chi connectivity index (χ2n) is 5.72. The van der Waals surface area contributed by atoms with Gasteiger partial charge in [0.2, 0.25) is 5.91 Å². The summed E-state index contributed by atoms with van der Waals surface area (Å²) < 4.78 is 0. The van der Waals surface area contributed by atoms with E-state index >= 15 is 0 Å². The van der Waals surface area contributed by atoms with E-state index in [0.717, 1.165) is 44.6 Å². The highest BCUT2D eigenvalue weighted by molar-refractivity contribution is 5.99. The summed E-state index contributed by atoms with van der Waals surface area (Å²) >= 11 is 0. The Morgan fingerprint density at radius 2 is 2.24 bits per heavy atom. The van der Waals surface area contributed by atoms with Crippen LogP contribution in [0, 0.1) is 0 Å². The summed E-state index contributed by atoms with van der Waals surface area (Å²) in [7, 11) is 0. The molecular weight excluding hydrogens is 266 g/mol. The molecule has 0 unspecified atom stereocenters. The van der Waals surface area contributed by atoms with Crippen LogP contribution in [-0.4, -0.2) is 37.5 Å². The number of anilines is 1. The van der Waals surface area contributed by atoms with Gasteiger partial charge < -0.3 is 15.5 Å². The summed E-state index contributed by atoms with van der Waals surface area (Å²) in [5, 5.41) is 6.35. The summed E-state index contributed by atoms with van der Waals surface area (Å²) in [5.41, 5.74) is 1.45. The molecule has 1 aromatic rings. The van der Waals surface area contributed by atoms with Gasteiger partial charge in [0.1, 0.15) is 0 Å². The maximum atomic E-state index is 12.3. The van der Waals surface area contributed by atoms with Crippen LogP contribution in [0.25, 0.3) is 0 Å². The van der Waals surface area contributed by atoms with Crippen LogP contribution in [-0.2, 0) is 4.79 Å². The third-order valence-electron chi connectivity index (χ3n) is 4.13. The highest BCUT2D eigenvalue weighted by Gasteiger charge is 2.23. The Bertz CT molecular complexity index is 538. The maximum absolute atomic E-state index is 12.3. The van der Waals surface area contributed by atoms with E-state index in [1.807, 2.05) is 18.2 Å². The number of nitrogens with one attached hydrogen (secondary N) is 2. The van der Waals surface area contributed by atoms with Crippen LogP contribution in [0.15, 0.2) is 24.3 Å². The van der Waals surface area contributed by atoms with Crippen LogP contribution in [0.4, 0.5) is 5.69 Å². The van der Waals surface area contributed by atoms with E-state index < -0.39 is 0 Å². The molecule has 0 saturated carbocycles. The van der Waals surface area contributed by atoms with Crippen molar-refractivity contribution in [2.45, 2.75) is 31.7 Å². The molecule has 0 radical (unpaired) electrons. The molecule has 21 heavy (non-hydrogen) atoms. The molecule has 5 nitrogen and oxygen atoms in total. The molecule has 2 saturated heterocycles. The van der Waals surface area contributed by atoms with Crippen molar-refractivity contribution >= 4 is 17.5 Å². The first kappa shape index (κ1) is 14.1. The summed E-state index contributed by atoms with van der Waals surface area (Å²) in [6.45, 7) is 2.60. The second kappa shape index (κ2) is 6.26. The molecule has 112 valence electrons. The van der Waals surface area contributed by atoms with Crippen molar-refractivity contribution in [3.8, 4) is 0 Å². The molecule has 2 fully saturated rings. The van der Waals surface area contributed by atoms with E-state index in [9.17, 15) is 9.59 Å². The molecule has 2 aliphatic heterocycles. The lowest BCUT2D eigenvalue weighted by Crippen LogP contribution is -2.45. The normalized spacial score (nSPS) is 22.4. The fraction of sp³-hybridized carbons (Fsp3) is 0.500. The number of nitrogens with zero attached hydrogens (tertiary/aromatic N) is 1. The Morgan fingerprint density at radius 1 is 1.33 bits per heavy atom. The molecule has 2 amide bonds. The first-order valence-electron chi connectivity index (χ1n) is 7.66. The van der Waals surface area contributed by atoms with Crippen molar-refractivity contribution in [1.82, 2.24) is 10.6 Å². The number of hydrogen-bond acceptors (Lipinski definition) is 3. The largest absolute Gasteiger partial charge is 0.348 e. The fourth-order valence-electron chi connectivity index (χ4n) is 2.98. The molecule has 2 N–H and O–H groups in total. The topological polar surface area (TPSA) is 61.4 Å². The molecule has 0 spiro atoms. The first-order chi connectivity index (χ1) is 10.2. The van der Waals surface area contributed by atoms with Gasteiger partial charge in [-0.3, -0.25) is 9.59 Å². The van der Waals surface area contributed by atoms with E-state index in [1.165, 1.54) is 0 Å². The van der Waals surface area contributed by atoms with E-state index in [0.29, 0.717) is 12.0 Å². The number of hydrogen-bond donors (Lipinski definition) is 2. The lowest BCUT2D eigenvalue weighted by molar-refractivity contribution is -0.117. The Morgan fingerprint density at radius 3 is 2.95 bits per heavy atom. The van der Waals surface area contributed by atoms with E-state index in [2.05, 4.69) is 10.6 Å². The number of amides is 2. The highest BCUT2D eigenvalue weighted by Crippen LogP contribution is 2.22. The van der Waals surface area contributed by atoms with Crippen LogP contribution in [0.3, 0.4) is 0 Å². The molecule has 0 aromatic heterocycles. The van der Waals surface area contributed by atoms with Crippen molar-refractivity contribution in [1.29, 1.82) is 0 Å². The number of rotatable bonds is 3. The Kier molecular flexibility index (Phi) is 4.20. The lowest BCUT2D eigenvalue weighted by Gasteiger charge is -2.24. The third kappa shape index (κ3) is 3.24. The van der Waals surface area contributed by atoms with Gasteiger partial charge in [0, 0.05) is 36.8 Å². The minimum Gasteiger partial charge on any atom is -0.348 e. The summed E-state index contributed by atoms with van der Waals surface area (Å²) in [6.07, 6.45) is 3.60. The summed E-state index contributed by atoms with van der Waals surface area (Å²) in [6, 6.07) is 7.55. The van der Waals surface area contributed by atoms with Gasteiger partial charge in [0.25, 0.3) is 5.91 Å². The molecule has 2 heterocycles. The number of carbonyl (C=O) groups is 2. The van der Waals surface area contributed by atoms with E-state index in [4.69, 9.17) is 0 Å². The molecule has 3 rings (SSSR count). The monoisotopic (exact) mass is 287 g/mol. The molecular formula is C16H21N3O2. The van der Waals surface area contributed by atoms with Gasteiger partial charge in [-0.15, -0.1) is 0 Å². The number of carbonyl (C=O) groups excluding carboxylic acids is 2. The van der Waals surface area contributed by atoms with Gasteiger partial charge in [0.15, 0.2) is 0 Å². The van der Waals surface area contributed by atoms with Crippen molar-refractivity contribution in [3.05, 3.63) is 29.8 Å². The average Bonchev–Trinajstić information content (AvgIpc) is 2.94. The van der Waals surface area contributed by atoms with Gasteiger partial charge in [-0.1, -0.05) is 6.07 Å². The van der Waals surface area contributed by atoms with Crippen LogP contribution < -0.4 is 15.5 Å². The first-order valence-corrected chi connectivity index (χ1v) is 7.66. The molecule has 0 bridgehead atoms. The zero-order valence-corrected chi connectivity index (χ0v) is 12.1. The van der Waals surface area contributed by atoms with Crippen LogP contribution in [0.5, 0.6) is 0 Å². The Labute approximate surface area is 124 Å². The maximum Gasteiger partial charge on any atom is 0.251 e. The van der Waals surface area contributed by atoms with Crippen molar-refractivity contribution in [2.75, 3.05) is 24.5 Å². The number of benzene rings is 1. The van der Waals surface area contributed by atoms with E-state index in [1.54, 1.807) is 11.0 Å². The van der Waals surface area contributed by atoms with Gasteiger partial charge >= 0.3 is 0 Å². The Hall–Kier alpha value is -1.88. The van der Waals surface area contributed by atoms with Crippen LogP contribution >= 0.6 is 0 Å². The molecule has 0 aliphatic carbocycles. The fourth-order valence-corrected chi connectivity index (χ4v) is 2.98. The predicted octanol–water partition coefficient (Wildman–Crippen LogP) is 1.30. The number of piperidine rings is 1. The van der Waals surface area contributed by atoms with Gasteiger partial charge in [-0.2, -0.15) is 0 Å². The minimum absolute atomic E-state index is 0.0582. The standard InChI is InChI=1S/C16H21N3O2/c20-15-7-3-9-19(15)14-6-1-4-12(10-14)16(21)18-13-5-2-8-17-11-13/h1,4,6,10,13,17H,2-3,5,7-9,11H2,(H,18,21)/t13-/m0/s1. The smallest absolute Gasteiger partial charge is 0.251 e. The predicted molar refractivity (Wildman–Crippen MR) is 81.4 cm³/mol. The van der Waals surface area contributed by atoms with Crippen molar-refractivity contribution in [2.24, 2.45) is 0 Å². The summed E-state index contributed by atoms with van der Waals surface area (Å²) in [5.74, 6) is 0.0845. The minimum atomic E-state index is -0.0582. The van der Waals surface area contributed by atoms with Gasteiger partial charge in [-0.05, 0) is 44.0 Å². The third-order valence-corrected chi connectivity index (χ3v) is 4.13. The van der Waals surface area contributed by atoms with Crippen molar-refractivity contribution in [3.63, 3.8) is 0 Å². The highest BCUT2D eigenvalue weighted by atomic mass is 16.2. The molecule has 2 aliphatic rings. The van der Waals surface area contributed by atoms with Crippen molar-refractivity contribution < 1.29 is 9.59 Å². The van der Waals surface area contributed by atoms with Gasteiger partial charge in [-0.25, -0.2) is 0 Å². The Balaban J connectivity index is 1.69. The molecule has 1 atom stereocenters. The quantitative estimate of drug-likeness (QED) is 0.881. The zero-order chi connectivity index (χ0) is 14.7. The zero-order valence-electron chi connectivity index (χ0n) is 12.1. The van der Waals surface area contributed by atoms with E-state index in [-0.39, 0.29) is 17.9 Å². The second-order valence-corrected chi connectivity index (χ2v) is 5.72. The molecule has 5 heteroatoms. The van der Waals surface area contributed by atoms with Gasteiger partial charge in [0.05, 0.1) is 0 Å². The lowest BCUT2D eigenvalue weighted by atomic mass is 10.1. The summed E-state index contributed by atoms with van der Waals surface area (Å²) in [4.78, 5) is 25.9. The van der Waals surface area contributed by atoms with Crippen LogP contribution in [0.2, 0.25) is 0 Å². The molecule has 1 aromatic carbocycles. The average molecular weight is 287 g/mol.